The summed E-state index contributed by atoms with van der Waals surface area (Å²) in [6, 6.07) is 0. The van der Waals surface area contributed by atoms with Gasteiger partial charge in [-0.3, -0.25) is 0 Å². The minimum Gasteiger partial charge on any atom is -0.386 e. The van der Waals surface area contributed by atoms with Gasteiger partial charge in [-0.15, -0.1) is 0 Å². The summed E-state index contributed by atoms with van der Waals surface area (Å²) in [5, 5.41) is 0. The van der Waals surface area contributed by atoms with Crippen molar-refractivity contribution in [2.24, 2.45) is 0 Å². The van der Waals surface area contributed by atoms with Crippen LogP contribution in [0.1, 0.15) is 12.8 Å². The number of rotatable bonds is 0. The zero-order valence-electron chi connectivity index (χ0n) is 11.3. The third-order valence-corrected chi connectivity index (χ3v) is 3.86. The van der Waals surface area contributed by atoms with E-state index in [9.17, 15) is 9.59 Å². The molecule has 0 saturated carbocycles. The molecule has 0 atom stereocenters. The SMILES string of the molecule is O=C1OC(=O)C2=CC3=CC4=CC=CC=C(C=C(C=C12)C3)C4. The fourth-order valence-electron chi connectivity index (χ4n) is 2.97. The van der Waals surface area contributed by atoms with Crippen molar-refractivity contribution in [2.45, 2.75) is 12.8 Å². The first-order valence-corrected chi connectivity index (χ1v) is 6.87. The highest BCUT2D eigenvalue weighted by Crippen LogP contribution is 2.34. The van der Waals surface area contributed by atoms with Crippen LogP contribution in [0.2, 0.25) is 0 Å². The molecule has 0 aromatic rings. The van der Waals surface area contributed by atoms with E-state index in [0.29, 0.717) is 17.6 Å². The van der Waals surface area contributed by atoms with Crippen molar-refractivity contribution in [3.63, 3.8) is 0 Å². The lowest BCUT2D eigenvalue weighted by molar-refractivity contribution is -0.149. The summed E-state index contributed by atoms with van der Waals surface area (Å²) >= 11 is 0. The molecule has 4 bridgehead atoms. The first-order valence-electron chi connectivity index (χ1n) is 6.87. The summed E-state index contributed by atoms with van der Waals surface area (Å²) < 4.78 is 4.71. The Kier molecular flexibility index (Phi) is 2.54. The molecule has 0 radical (unpaired) electrons. The van der Waals surface area contributed by atoms with Crippen LogP contribution in [0.15, 0.2) is 82.0 Å². The second-order valence-corrected chi connectivity index (χ2v) is 5.45. The largest absolute Gasteiger partial charge is 0.386 e. The lowest BCUT2D eigenvalue weighted by atomic mass is 9.94. The van der Waals surface area contributed by atoms with Gasteiger partial charge in [-0.05, 0) is 47.3 Å². The van der Waals surface area contributed by atoms with Crippen molar-refractivity contribution < 1.29 is 14.3 Å². The number of ether oxygens (including phenoxy) is 1. The number of fused-ring (bicyclic) bond motifs is 5. The number of hydrogen-bond acceptors (Lipinski definition) is 3. The van der Waals surface area contributed by atoms with E-state index in [1.165, 1.54) is 11.1 Å². The average Bonchev–Trinajstić information content (AvgIpc) is 2.67. The van der Waals surface area contributed by atoms with Crippen molar-refractivity contribution in [1.82, 2.24) is 0 Å². The Morgan fingerprint density at radius 2 is 1.14 bits per heavy atom. The van der Waals surface area contributed by atoms with Crippen LogP contribution in [0, 0.1) is 0 Å². The lowest BCUT2D eigenvalue weighted by Gasteiger charge is -2.11. The number of carbonyl (C=O) groups is 2. The van der Waals surface area contributed by atoms with Gasteiger partial charge in [-0.1, -0.05) is 36.5 Å². The molecular formula is C18H12O3. The highest BCUT2D eigenvalue weighted by atomic mass is 16.6. The van der Waals surface area contributed by atoms with Crippen LogP contribution in [-0.2, 0) is 14.3 Å². The third kappa shape index (κ3) is 2.07. The Balaban J connectivity index is 1.95. The Morgan fingerprint density at radius 1 is 0.667 bits per heavy atom. The summed E-state index contributed by atoms with van der Waals surface area (Å²) in [7, 11) is 0. The molecule has 0 aromatic heterocycles. The third-order valence-electron chi connectivity index (χ3n) is 3.86. The van der Waals surface area contributed by atoms with Crippen LogP contribution in [-0.4, -0.2) is 11.9 Å². The molecule has 4 rings (SSSR count). The summed E-state index contributed by atoms with van der Waals surface area (Å²) in [6.45, 7) is 0. The Labute approximate surface area is 122 Å². The maximum Gasteiger partial charge on any atom is 0.346 e. The maximum atomic E-state index is 11.8. The van der Waals surface area contributed by atoms with Crippen LogP contribution >= 0.6 is 0 Å². The Morgan fingerprint density at radius 3 is 1.67 bits per heavy atom. The quantitative estimate of drug-likeness (QED) is 0.504. The summed E-state index contributed by atoms with van der Waals surface area (Å²) in [6.07, 6.45) is 17.5. The number of esters is 2. The van der Waals surface area contributed by atoms with E-state index in [1.54, 1.807) is 12.2 Å². The van der Waals surface area contributed by atoms with Gasteiger partial charge in [-0.25, -0.2) is 9.59 Å². The smallest absolute Gasteiger partial charge is 0.346 e. The van der Waals surface area contributed by atoms with Gasteiger partial charge in [0.1, 0.15) is 0 Å². The van der Waals surface area contributed by atoms with E-state index >= 15 is 0 Å². The van der Waals surface area contributed by atoms with Crippen molar-refractivity contribution in [3.8, 4) is 0 Å². The van der Waals surface area contributed by atoms with E-state index in [4.69, 9.17) is 4.74 Å². The molecule has 3 aliphatic carbocycles. The predicted octanol–water partition coefficient (Wildman–Crippen LogP) is 3.01. The van der Waals surface area contributed by atoms with Crippen LogP contribution in [0.5, 0.6) is 0 Å². The summed E-state index contributed by atoms with van der Waals surface area (Å²) in [5.41, 5.74) is 5.17. The van der Waals surface area contributed by atoms with Gasteiger partial charge < -0.3 is 4.74 Å². The topological polar surface area (TPSA) is 43.4 Å². The highest BCUT2D eigenvalue weighted by molar-refractivity contribution is 6.18. The number of hydrogen-bond donors (Lipinski definition) is 0. The Hall–Kier alpha value is -2.68. The number of cyclic esters (lactones) is 2. The fourth-order valence-corrected chi connectivity index (χ4v) is 2.97. The van der Waals surface area contributed by atoms with Crippen LogP contribution < -0.4 is 0 Å². The van der Waals surface area contributed by atoms with Crippen LogP contribution in [0.4, 0.5) is 0 Å². The van der Waals surface area contributed by atoms with Gasteiger partial charge in [0, 0.05) is 0 Å². The summed E-state index contributed by atoms with van der Waals surface area (Å²) in [4.78, 5) is 23.6. The highest BCUT2D eigenvalue weighted by Gasteiger charge is 2.35. The van der Waals surface area contributed by atoms with Gasteiger partial charge in [-0.2, -0.15) is 0 Å². The van der Waals surface area contributed by atoms with Crippen molar-refractivity contribution in [1.29, 1.82) is 0 Å². The fraction of sp³-hybridized carbons (Fsp3) is 0.111. The average molecular weight is 276 g/mol. The molecule has 0 unspecified atom stereocenters. The van der Waals surface area contributed by atoms with E-state index in [-0.39, 0.29) is 0 Å². The normalized spacial score (nSPS) is 23.0. The van der Waals surface area contributed by atoms with E-state index in [2.05, 4.69) is 24.3 Å². The summed E-state index contributed by atoms with van der Waals surface area (Å²) in [5.74, 6) is -1.10. The molecule has 3 nitrogen and oxygen atoms in total. The first kappa shape index (κ1) is 12.1. The minimum atomic E-state index is -0.550. The van der Waals surface area contributed by atoms with E-state index in [0.717, 1.165) is 17.6 Å². The molecule has 3 heteroatoms. The van der Waals surface area contributed by atoms with Crippen molar-refractivity contribution in [3.05, 3.63) is 82.0 Å². The molecule has 1 fully saturated rings. The molecule has 0 aromatic carbocycles. The Bertz CT molecular complexity index is 728. The molecule has 1 saturated heterocycles. The van der Waals surface area contributed by atoms with E-state index < -0.39 is 11.9 Å². The number of allylic oxidation sites excluding steroid dienone is 12. The second-order valence-electron chi connectivity index (χ2n) is 5.45. The minimum absolute atomic E-state index is 0.369. The molecule has 1 aliphatic heterocycles. The number of carbonyl (C=O) groups excluding carboxylic acids is 2. The van der Waals surface area contributed by atoms with Crippen LogP contribution in [0.3, 0.4) is 0 Å². The first-order chi connectivity index (χ1) is 10.2. The molecule has 0 spiro atoms. The van der Waals surface area contributed by atoms with E-state index in [1.807, 2.05) is 12.2 Å². The van der Waals surface area contributed by atoms with Gasteiger partial charge in [0.15, 0.2) is 0 Å². The monoisotopic (exact) mass is 276 g/mol. The maximum absolute atomic E-state index is 11.8. The van der Waals surface area contributed by atoms with Gasteiger partial charge >= 0.3 is 11.9 Å². The molecule has 21 heavy (non-hydrogen) atoms. The van der Waals surface area contributed by atoms with Crippen molar-refractivity contribution >= 4 is 11.9 Å². The zero-order valence-corrected chi connectivity index (χ0v) is 11.3. The van der Waals surface area contributed by atoms with Gasteiger partial charge in [0.2, 0.25) is 0 Å². The molecular weight excluding hydrogens is 264 g/mol. The van der Waals surface area contributed by atoms with Crippen LogP contribution in [0.25, 0.3) is 0 Å². The molecule has 0 amide bonds. The molecule has 4 aliphatic rings. The lowest BCUT2D eigenvalue weighted by Crippen LogP contribution is -1.99. The van der Waals surface area contributed by atoms with Gasteiger partial charge in [0.25, 0.3) is 0 Å². The van der Waals surface area contributed by atoms with Gasteiger partial charge in [0.05, 0.1) is 11.1 Å². The molecule has 1 heterocycles. The zero-order chi connectivity index (χ0) is 14.4. The van der Waals surface area contributed by atoms with Crippen molar-refractivity contribution in [2.75, 3.05) is 0 Å². The molecule has 102 valence electrons. The standard InChI is InChI=1S/C18H12O3/c19-17-15-9-13-6-11-3-1-2-4-12(5-11)7-14(8-13)10-16(15)18(20)21-17/h1-4,6-7,9-10H,5,8H2. The second kappa shape index (κ2) is 4.42. The molecule has 0 N–H and O–H groups in total. The predicted molar refractivity (Wildman–Crippen MR) is 78.0 cm³/mol.